The molecule has 31 heavy (non-hydrogen) atoms. The van der Waals surface area contributed by atoms with Gasteiger partial charge in [-0.25, -0.2) is 0 Å². The molecule has 158 valence electrons. The van der Waals surface area contributed by atoms with Crippen LogP contribution in [0.5, 0.6) is 5.75 Å². The summed E-state index contributed by atoms with van der Waals surface area (Å²) in [7, 11) is 1.75. The zero-order valence-electron chi connectivity index (χ0n) is 17.4. The first-order chi connectivity index (χ1) is 15.0. The smallest absolute Gasteiger partial charge is 0.245 e. The fourth-order valence-corrected chi connectivity index (χ4v) is 3.90. The van der Waals surface area contributed by atoms with Crippen molar-refractivity contribution in [3.63, 3.8) is 0 Å². The van der Waals surface area contributed by atoms with Crippen LogP contribution < -0.4 is 10.2 Å². The van der Waals surface area contributed by atoms with Gasteiger partial charge in [0.1, 0.15) is 5.75 Å². The van der Waals surface area contributed by atoms with Gasteiger partial charge in [0.2, 0.25) is 11.8 Å². The molecule has 0 bridgehead atoms. The maximum absolute atomic E-state index is 13.4. The topological polar surface area (TPSA) is 72.9 Å². The molecule has 3 aromatic rings. The Morgan fingerprint density at radius 3 is 2.00 bits per heavy atom. The monoisotopic (exact) mass is 415 g/mol. The summed E-state index contributed by atoms with van der Waals surface area (Å²) in [6.45, 7) is 0.176. The fourth-order valence-electron chi connectivity index (χ4n) is 3.90. The Bertz CT molecular complexity index is 1050. The van der Waals surface area contributed by atoms with Gasteiger partial charge in [0.05, 0.1) is 24.5 Å². The average Bonchev–Trinajstić information content (AvgIpc) is 2.92. The molecule has 0 fully saturated rings. The maximum Gasteiger partial charge on any atom is 0.245 e. The number of para-hydroxylation sites is 2. The van der Waals surface area contributed by atoms with Gasteiger partial charge in [-0.15, -0.1) is 0 Å². The zero-order chi connectivity index (χ0) is 21.8. The number of rotatable bonds is 5. The van der Waals surface area contributed by atoms with Crippen LogP contribution in [0.2, 0.25) is 0 Å². The first-order valence-corrected chi connectivity index (χ1v) is 10.3. The van der Waals surface area contributed by atoms with Crippen LogP contribution in [0.4, 0.5) is 17.1 Å². The number of amides is 2. The second kappa shape index (κ2) is 9.02. The Balaban J connectivity index is 1.49. The van der Waals surface area contributed by atoms with Crippen LogP contribution in [0.1, 0.15) is 11.1 Å². The van der Waals surface area contributed by atoms with Crippen molar-refractivity contribution >= 4 is 28.9 Å². The summed E-state index contributed by atoms with van der Waals surface area (Å²) in [6, 6.07) is 22.3. The molecule has 0 spiro atoms. The van der Waals surface area contributed by atoms with Gasteiger partial charge in [-0.05, 0) is 67.4 Å². The van der Waals surface area contributed by atoms with E-state index in [-0.39, 0.29) is 30.7 Å². The molecule has 2 N–H and O–H groups in total. The van der Waals surface area contributed by atoms with E-state index >= 15 is 0 Å². The number of nitrogens with zero attached hydrogens (tertiary/aromatic N) is 2. The Kier molecular flexibility index (Phi) is 6.00. The molecule has 3 aromatic carbocycles. The van der Waals surface area contributed by atoms with Crippen LogP contribution in [-0.4, -0.2) is 42.0 Å². The number of hydrogen-bond acceptors (Lipinski definition) is 4. The second-order valence-corrected chi connectivity index (χ2v) is 7.75. The van der Waals surface area contributed by atoms with Gasteiger partial charge in [0, 0.05) is 5.69 Å². The number of anilines is 3. The number of carbonyl (C=O) groups excluding carboxylic acids is 2. The van der Waals surface area contributed by atoms with E-state index in [1.54, 1.807) is 29.0 Å². The molecule has 6 nitrogen and oxygen atoms in total. The van der Waals surface area contributed by atoms with E-state index in [0.29, 0.717) is 5.69 Å². The standard InChI is InChI=1S/C25H25N3O3/c1-27(16-24(30)26-20-12-14-21(29)15-13-20)17-25(31)28-22-8-4-2-6-18(22)10-11-19-7-3-5-9-23(19)28/h2-9,12-15,29H,10-11,16-17H2,1H3,(H,26,30). The molecule has 4 rings (SSSR count). The third-order valence-electron chi connectivity index (χ3n) is 5.35. The Hall–Kier alpha value is -3.64. The predicted octanol–water partition coefficient (Wildman–Crippen LogP) is 3.73. The molecule has 1 heterocycles. The number of nitrogens with one attached hydrogen (secondary N) is 1. The summed E-state index contributed by atoms with van der Waals surface area (Å²) >= 11 is 0. The number of aryl methyl sites for hydroxylation is 2. The maximum atomic E-state index is 13.4. The van der Waals surface area contributed by atoms with Gasteiger partial charge in [0.25, 0.3) is 0 Å². The first-order valence-electron chi connectivity index (χ1n) is 10.3. The van der Waals surface area contributed by atoms with Gasteiger partial charge in [-0.3, -0.25) is 19.4 Å². The highest BCUT2D eigenvalue weighted by Crippen LogP contribution is 2.36. The van der Waals surface area contributed by atoms with E-state index in [2.05, 4.69) is 17.4 Å². The molecule has 0 saturated carbocycles. The van der Waals surface area contributed by atoms with Crippen molar-refractivity contribution in [2.45, 2.75) is 12.8 Å². The number of aromatic hydroxyl groups is 1. The third-order valence-corrected chi connectivity index (χ3v) is 5.35. The minimum Gasteiger partial charge on any atom is -0.508 e. The molecule has 0 unspecified atom stereocenters. The molecule has 1 aliphatic rings. The quantitative estimate of drug-likeness (QED) is 0.623. The van der Waals surface area contributed by atoms with Gasteiger partial charge in [0.15, 0.2) is 0 Å². The first kappa shape index (κ1) is 20.6. The molecule has 1 aliphatic heterocycles. The molecule has 6 heteroatoms. The van der Waals surface area contributed by atoms with Crippen molar-refractivity contribution < 1.29 is 14.7 Å². The molecule has 0 aliphatic carbocycles. The van der Waals surface area contributed by atoms with Crippen LogP contribution in [0.15, 0.2) is 72.8 Å². The minimum absolute atomic E-state index is 0.0732. The van der Waals surface area contributed by atoms with Crippen LogP contribution in [0.3, 0.4) is 0 Å². The number of benzene rings is 3. The summed E-state index contributed by atoms with van der Waals surface area (Å²) in [5.74, 6) is -0.168. The van der Waals surface area contributed by atoms with Crippen LogP contribution in [0, 0.1) is 0 Å². The lowest BCUT2D eigenvalue weighted by atomic mass is 10.0. The van der Waals surface area contributed by atoms with E-state index in [0.717, 1.165) is 35.3 Å². The van der Waals surface area contributed by atoms with Gasteiger partial charge >= 0.3 is 0 Å². The SMILES string of the molecule is CN(CC(=O)Nc1ccc(O)cc1)CC(=O)N1c2ccccc2CCc2ccccc21. The van der Waals surface area contributed by atoms with Crippen molar-refractivity contribution in [3.05, 3.63) is 83.9 Å². The Morgan fingerprint density at radius 2 is 1.42 bits per heavy atom. The lowest BCUT2D eigenvalue weighted by Gasteiger charge is -2.27. The predicted molar refractivity (Wildman–Crippen MR) is 122 cm³/mol. The number of fused-ring (bicyclic) bond motifs is 2. The lowest BCUT2D eigenvalue weighted by molar-refractivity contribution is -0.120. The van der Waals surface area contributed by atoms with Crippen molar-refractivity contribution in [1.82, 2.24) is 4.90 Å². The van der Waals surface area contributed by atoms with Gasteiger partial charge < -0.3 is 10.4 Å². The van der Waals surface area contributed by atoms with E-state index in [4.69, 9.17) is 0 Å². The zero-order valence-corrected chi connectivity index (χ0v) is 17.4. The summed E-state index contributed by atoms with van der Waals surface area (Å²) in [4.78, 5) is 29.3. The molecular formula is C25H25N3O3. The number of phenols is 1. The van der Waals surface area contributed by atoms with Crippen molar-refractivity contribution in [3.8, 4) is 5.75 Å². The van der Waals surface area contributed by atoms with Crippen LogP contribution >= 0.6 is 0 Å². The summed E-state index contributed by atoms with van der Waals surface area (Å²) < 4.78 is 0. The highest BCUT2D eigenvalue weighted by Gasteiger charge is 2.26. The van der Waals surface area contributed by atoms with Crippen molar-refractivity contribution in [2.24, 2.45) is 0 Å². The Labute approximate surface area is 181 Å². The minimum atomic E-state index is -0.224. The number of carbonyl (C=O) groups is 2. The molecular weight excluding hydrogens is 390 g/mol. The highest BCUT2D eigenvalue weighted by molar-refractivity contribution is 6.03. The number of phenolic OH excluding ortho intramolecular Hbond substituents is 1. The van der Waals surface area contributed by atoms with Gasteiger partial charge in [-0.2, -0.15) is 0 Å². The summed E-state index contributed by atoms with van der Waals surface area (Å²) in [6.07, 6.45) is 1.75. The molecule has 0 atom stereocenters. The summed E-state index contributed by atoms with van der Waals surface area (Å²) in [5, 5.41) is 12.1. The Morgan fingerprint density at radius 1 is 0.871 bits per heavy atom. The normalized spacial score (nSPS) is 12.6. The molecule has 0 radical (unpaired) electrons. The largest absolute Gasteiger partial charge is 0.508 e. The number of hydrogen-bond donors (Lipinski definition) is 2. The molecule has 2 amide bonds. The lowest BCUT2D eigenvalue weighted by Crippen LogP contribution is -2.40. The van der Waals surface area contributed by atoms with Crippen molar-refractivity contribution in [1.29, 1.82) is 0 Å². The molecule has 0 saturated heterocycles. The van der Waals surface area contributed by atoms with E-state index < -0.39 is 0 Å². The van der Waals surface area contributed by atoms with Gasteiger partial charge in [-0.1, -0.05) is 36.4 Å². The molecule has 0 aromatic heterocycles. The van der Waals surface area contributed by atoms with Crippen LogP contribution in [-0.2, 0) is 22.4 Å². The summed E-state index contributed by atoms with van der Waals surface area (Å²) in [5.41, 5.74) is 4.68. The average molecular weight is 415 g/mol. The van der Waals surface area contributed by atoms with E-state index in [9.17, 15) is 14.7 Å². The highest BCUT2D eigenvalue weighted by atomic mass is 16.3. The van der Waals surface area contributed by atoms with E-state index in [1.807, 2.05) is 36.4 Å². The van der Waals surface area contributed by atoms with Crippen molar-refractivity contribution in [2.75, 3.05) is 30.4 Å². The number of likely N-dealkylation sites (N-methyl/N-ethyl adjacent to an activating group) is 1. The van der Waals surface area contributed by atoms with E-state index in [1.165, 1.54) is 12.1 Å². The van der Waals surface area contributed by atoms with Crippen LogP contribution in [0.25, 0.3) is 0 Å². The second-order valence-electron chi connectivity index (χ2n) is 7.75. The fraction of sp³-hybridized carbons (Fsp3) is 0.200. The third kappa shape index (κ3) is 4.75.